The van der Waals surface area contributed by atoms with Gasteiger partial charge in [-0.1, -0.05) is 30.3 Å². The highest BCUT2D eigenvalue weighted by atomic mass is 127. The molecule has 0 aliphatic carbocycles. The molecular weight excluding hydrogens is 477 g/mol. The second-order valence-electron chi connectivity index (χ2n) is 7.29. The summed E-state index contributed by atoms with van der Waals surface area (Å²) in [5.74, 6) is 0.907. The lowest BCUT2D eigenvalue weighted by Crippen LogP contribution is -2.46. The van der Waals surface area contributed by atoms with Crippen LogP contribution in [0.15, 0.2) is 35.3 Å². The average molecular weight is 518 g/mol. The summed E-state index contributed by atoms with van der Waals surface area (Å²) in [5, 5.41) is 6.80. The van der Waals surface area contributed by atoms with Crippen LogP contribution in [0.4, 0.5) is 0 Å². The first-order valence-corrected chi connectivity index (χ1v) is 10.8. The monoisotopic (exact) mass is 517 g/mol. The van der Waals surface area contributed by atoms with Gasteiger partial charge in [-0.3, -0.25) is 9.89 Å². The highest BCUT2D eigenvalue weighted by Crippen LogP contribution is 2.08. The van der Waals surface area contributed by atoms with Gasteiger partial charge in [0.05, 0.1) is 0 Å². The Bertz CT molecular complexity index is 535. The summed E-state index contributed by atoms with van der Waals surface area (Å²) >= 11 is 0. The van der Waals surface area contributed by atoms with Crippen LogP contribution in [0.25, 0.3) is 0 Å². The van der Waals surface area contributed by atoms with E-state index >= 15 is 0 Å². The van der Waals surface area contributed by atoms with Crippen molar-refractivity contribution >= 4 is 29.9 Å². The largest absolute Gasteiger partial charge is 0.382 e. The first-order valence-electron chi connectivity index (χ1n) is 10.8. The van der Waals surface area contributed by atoms with Crippen LogP contribution in [0.1, 0.15) is 31.7 Å². The zero-order chi connectivity index (χ0) is 19.9. The summed E-state index contributed by atoms with van der Waals surface area (Å²) < 4.78 is 5.36. The summed E-state index contributed by atoms with van der Waals surface area (Å²) in [6, 6.07) is 10.8. The Labute approximate surface area is 194 Å². The molecule has 0 amide bonds. The van der Waals surface area contributed by atoms with Gasteiger partial charge in [-0.25, -0.2) is 0 Å². The SMILES string of the molecule is CCOCCCCNC(=NC)NCCCN1CCN(Cc2ccccc2)CC1.I. The minimum absolute atomic E-state index is 0. The molecule has 166 valence electrons. The quantitative estimate of drug-likeness (QED) is 0.193. The molecule has 1 aliphatic heterocycles. The van der Waals surface area contributed by atoms with E-state index in [1.54, 1.807) is 0 Å². The Morgan fingerprint density at radius 3 is 2.28 bits per heavy atom. The number of rotatable bonds is 12. The maximum Gasteiger partial charge on any atom is 0.190 e. The van der Waals surface area contributed by atoms with Crippen molar-refractivity contribution in [2.75, 3.05) is 66.1 Å². The summed E-state index contributed by atoms with van der Waals surface area (Å²) in [4.78, 5) is 9.43. The molecule has 1 aromatic rings. The number of ether oxygens (including phenoxy) is 1. The van der Waals surface area contributed by atoms with E-state index < -0.39 is 0 Å². The van der Waals surface area contributed by atoms with Crippen molar-refractivity contribution in [3.63, 3.8) is 0 Å². The van der Waals surface area contributed by atoms with E-state index in [0.29, 0.717) is 0 Å². The molecule has 1 aromatic carbocycles. The number of unbranched alkanes of at least 4 members (excludes halogenated alkanes) is 1. The lowest BCUT2D eigenvalue weighted by Gasteiger charge is -2.34. The molecule has 0 radical (unpaired) electrons. The molecular formula is C22H40IN5O. The van der Waals surface area contributed by atoms with E-state index in [4.69, 9.17) is 4.74 Å². The van der Waals surface area contributed by atoms with Gasteiger partial charge in [0.25, 0.3) is 0 Å². The van der Waals surface area contributed by atoms with Gasteiger partial charge in [0.1, 0.15) is 0 Å². The number of nitrogens with one attached hydrogen (secondary N) is 2. The third-order valence-corrected chi connectivity index (χ3v) is 5.09. The standard InChI is InChI=1S/C22H39N5O.HI/c1-3-28-19-8-7-12-24-22(23-2)25-13-9-14-26-15-17-27(18-16-26)20-21-10-5-4-6-11-21;/h4-6,10-11H,3,7-9,12-20H2,1-2H3,(H2,23,24,25);1H. The van der Waals surface area contributed by atoms with E-state index in [2.05, 4.69) is 55.8 Å². The molecule has 0 saturated carbocycles. The number of aliphatic imine (C=N–C) groups is 1. The predicted molar refractivity (Wildman–Crippen MR) is 133 cm³/mol. The maximum absolute atomic E-state index is 5.36. The van der Waals surface area contributed by atoms with E-state index in [1.165, 1.54) is 18.7 Å². The number of halogens is 1. The van der Waals surface area contributed by atoms with Gasteiger partial charge >= 0.3 is 0 Å². The Morgan fingerprint density at radius 1 is 0.966 bits per heavy atom. The van der Waals surface area contributed by atoms with E-state index in [9.17, 15) is 0 Å². The molecule has 0 atom stereocenters. The molecule has 2 N–H and O–H groups in total. The average Bonchev–Trinajstić information content (AvgIpc) is 2.74. The molecule has 6 nitrogen and oxygen atoms in total. The van der Waals surface area contributed by atoms with Crippen LogP contribution in [-0.2, 0) is 11.3 Å². The van der Waals surface area contributed by atoms with Crippen molar-refractivity contribution in [2.45, 2.75) is 32.7 Å². The smallest absolute Gasteiger partial charge is 0.190 e. The van der Waals surface area contributed by atoms with Crippen molar-refractivity contribution in [3.05, 3.63) is 35.9 Å². The highest BCUT2D eigenvalue weighted by Gasteiger charge is 2.16. The van der Waals surface area contributed by atoms with E-state index in [-0.39, 0.29) is 24.0 Å². The second-order valence-corrected chi connectivity index (χ2v) is 7.29. The van der Waals surface area contributed by atoms with Crippen molar-refractivity contribution in [2.24, 2.45) is 4.99 Å². The molecule has 0 unspecified atom stereocenters. The van der Waals surface area contributed by atoms with Gasteiger partial charge < -0.3 is 20.3 Å². The third-order valence-electron chi connectivity index (χ3n) is 5.09. The number of hydrogen-bond donors (Lipinski definition) is 2. The zero-order valence-electron chi connectivity index (χ0n) is 18.2. The van der Waals surface area contributed by atoms with Crippen LogP contribution >= 0.6 is 24.0 Å². The predicted octanol–water partition coefficient (Wildman–Crippen LogP) is 2.79. The minimum atomic E-state index is 0. The fraction of sp³-hybridized carbons (Fsp3) is 0.682. The normalized spacial score (nSPS) is 15.7. The van der Waals surface area contributed by atoms with E-state index in [0.717, 1.165) is 77.7 Å². The molecule has 29 heavy (non-hydrogen) atoms. The molecule has 0 spiro atoms. The first kappa shape index (κ1) is 26.1. The van der Waals surface area contributed by atoms with Gasteiger partial charge in [-0.2, -0.15) is 0 Å². The lowest BCUT2D eigenvalue weighted by molar-refractivity contribution is 0.126. The van der Waals surface area contributed by atoms with E-state index in [1.807, 2.05) is 14.0 Å². The van der Waals surface area contributed by atoms with Crippen LogP contribution in [0, 0.1) is 0 Å². The molecule has 0 bridgehead atoms. The highest BCUT2D eigenvalue weighted by molar-refractivity contribution is 14.0. The fourth-order valence-corrected chi connectivity index (χ4v) is 3.42. The van der Waals surface area contributed by atoms with Crippen LogP contribution in [0.5, 0.6) is 0 Å². The number of nitrogens with zero attached hydrogens (tertiary/aromatic N) is 3. The van der Waals surface area contributed by atoms with Gasteiger partial charge in [0.2, 0.25) is 0 Å². The molecule has 1 heterocycles. The van der Waals surface area contributed by atoms with Gasteiger partial charge in [-0.05, 0) is 38.3 Å². The van der Waals surface area contributed by atoms with Crippen LogP contribution in [0.3, 0.4) is 0 Å². The topological polar surface area (TPSA) is 52.1 Å². The minimum Gasteiger partial charge on any atom is -0.382 e. The maximum atomic E-state index is 5.36. The Kier molecular flexibility index (Phi) is 15.2. The number of hydrogen-bond acceptors (Lipinski definition) is 4. The second kappa shape index (κ2) is 16.8. The molecule has 2 rings (SSSR count). The van der Waals surface area contributed by atoms with Crippen LogP contribution < -0.4 is 10.6 Å². The van der Waals surface area contributed by atoms with Crippen LogP contribution in [0.2, 0.25) is 0 Å². The molecule has 1 aliphatic rings. The summed E-state index contributed by atoms with van der Waals surface area (Å²) in [7, 11) is 1.83. The molecule has 7 heteroatoms. The van der Waals surface area contributed by atoms with Crippen LogP contribution in [-0.4, -0.2) is 81.8 Å². The Balaban J connectivity index is 0.00000420. The molecule has 1 saturated heterocycles. The molecule has 1 fully saturated rings. The summed E-state index contributed by atoms with van der Waals surface area (Å²) in [6.45, 7) is 12.5. The third kappa shape index (κ3) is 11.8. The Hall–Kier alpha value is -0.900. The summed E-state index contributed by atoms with van der Waals surface area (Å²) in [5.41, 5.74) is 1.41. The number of benzene rings is 1. The molecule has 0 aromatic heterocycles. The first-order chi connectivity index (χ1) is 13.8. The van der Waals surface area contributed by atoms with Gasteiger partial charge in [-0.15, -0.1) is 24.0 Å². The fourth-order valence-electron chi connectivity index (χ4n) is 3.42. The summed E-state index contributed by atoms with van der Waals surface area (Å²) in [6.07, 6.45) is 3.34. The van der Waals surface area contributed by atoms with Crippen molar-refractivity contribution in [3.8, 4) is 0 Å². The zero-order valence-corrected chi connectivity index (χ0v) is 20.6. The van der Waals surface area contributed by atoms with Crippen molar-refractivity contribution < 1.29 is 4.74 Å². The number of guanidine groups is 1. The Morgan fingerprint density at radius 2 is 1.62 bits per heavy atom. The number of piperazine rings is 1. The van der Waals surface area contributed by atoms with Gasteiger partial charge in [0, 0.05) is 66.1 Å². The van der Waals surface area contributed by atoms with Crippen molar-refractivity contribution in [1.82, 2.24) is 20.4 Å². The van der Waals surface area contributed by atoms with Crippen molar-refractivity contribution in [1.29, 1.82) is 0 Å². The lowest BCUT2D eigenvalue weighted by atomic mass is 10.2. The van der Waals surface area contributed by atoms with Gasteiger partial charge in [0.15, 0.2) is 5.96 Å².